The van der Waals surface area contributed by atoms with Gasteiger partial charge in [0.15, 0.2) is 0 Å². The molecule has 1 aromatic rings. The van der Waals surface area contributed by atoms with Crippen LogP contribution in [0, 0.1) is 11.3 Å². The van der Waals surface area contributed by atoms with Gasteiger partial charge < -0.3 is 16.5 Å². The minimum atomic E-state index is -0.0753. The predicted octanol–water partition coefficient (Wildman–Crippen LogP) is 2.58. The number of nitrogen functional groups attached to an aromatic ring is 1. The lowest BCUT2D eigenvalue weighted by molar-refractivity contribution is 0.0943. The number of hydrogen-bond donors (Lipinski definition) is 3. The van der Waals surface area contributed by atoms with E-state index >= 15 is 0 Å². The SMILES string of the molecule is N=Cc1cc(C(=O)NCC2CCCCC2)ccc1N. The fourth-order valence-corrected chi connectivity index (χ4v) is 2.57. The first-order valence-corrected chi connectivity index (χ1v) is 6.89. The molecule has 19 heavy (non-hydrogen) atoms. The van der Waals surface area contributed by atoms with Crippen molar-refractivity contribution in [3.63, 3.8) is 0 Å². The van der Waals surface area contributed by atoms with Crippen LogP contribution in [0.25, 0.3) is 0 Å². The van der Waals surface area contributed by atoms with Gasteiger partial charge in [-0.15, -0.1) is 0 Å². The minimum absolute atomic E-state index is 0.0753. The van der Waals surface area contributed by atoms with Crippen LogP contribution in [0.3, 0.4) is 0 Å². The number of benzene rings is 1. The summed E-state index contributed by atoms with van der Waals surface area (Å²) in [6, 6.07) is 5.05. The zero-order valence-corrected chi connectivity index (χ0v) is 11.1. The van der Waals surface area contributed by atoms with Crippen LogP contribution in [-0.4, -0.2) is 18.7 Å². The summed E-state index contributed by atoms with van der Waals surface area (Å²) in [4.78, 5) is 12.0. The molecule has 1 saturated carbocycles. The van der Waals surface area contributed by atoms with Crippen LogP contribution in [0.1, 0.15) is 48.0 Å². The first-order valence-electron chi connectivity index (χ1n) is 6.89. The van der Waals surface area contributed by atoms with Crippen LogP contribution >= 0.6 is 0 Å². The summed E-state index contributed by atoms with van der Waals surface area (Å²) in [5.74, 6) is 0.544. The molecule has 0 spiro atoms. The predicted molar refractivity (Wildman–Crippen MR) is 77.6 cm³/mol. The van der Waals surface area contributed by atoms with E-state index in [4.69, 9.17) is 11.1 Å². The normalized spacial score (nSPS) is 16.0. The third-order valence-corrected chi connectivity index (χ3v) is 3.78. The monoisotopic (exact) mass is 259 g/mol. The summed E-state index contributed by atoms with van der Waals surface area (Å²) in [5.41, 5.74) is 7.40. The van der Waals surface area contributed by atoms with Gasteiger partial charge in [0, 0.05) is 29.6 Å². The van der Waals surface area contributed by atoms with Gasteiger partial charge in [-0.25, -0.2) is 0 Å². The van der Waals surface area contributed by atoms with E-state index in [9.17, 15) is 4.79 Å². The number of hydrogen-bond acceptors (Lipinski definition) is 3. The lowest BCUT2D eigenvalue weighted by Crippen LogP contribution is -2.30. The van der Waals surface area contributed by atoms with Crippen molar-refractivity contribution in [3.8, 4) is 0 Å². The van der Waals surface area contributed by atoms with E-state index < -0.39 is 0 Å². The topological polar surface area (TPSA) is 79.0 Å². The molecule has 102 valence electrons. The average Bonchev–Trinajstić information content (AvgIpc) is 2.46. The van der Waals surface area contributed by atoms with Crippen molar-refractivity contribution in [1.82, 2.24) is 5.32 Å². The number of anilines is 1. The summed E-state index contributed by atoms with van der Waals surface area (Å²) in [7, 11) is 0. The molecule has 0 atom stereocenters. The molecule has 0 saturated heterocycles. The Morgan fingerprint density at radius 1 is 1.37 bits per heavy atom. The molecular formula is C15H21N3O. The summed E-state index contributed by atoms with van der Waals surface area (Å²) < 4.78 is 0. The van der Waals surface area contributed by atoms with E-state index in [1.54, 1.807) is 18.2 Å². The van der Waals surface area contributed by atoms with Gasteiger partial charge in [0.25, 0.3) is 5.91 Å². The maximum atomic E-state index is 12.0. The van der Waals surface area contributed by atoms with Crippen molar-refractivity contribution in [1.29, 1.82) is 5.41 Å². The second kappa shape index (κ2) is 6.36. The van der Waals surface area contributed by atoms with E-state index in [2.05, 4.69) is 5.32 Å². The Morgan fingerprint density at radius 2 is 2.11 bits per heavy atom. The van der Waals surface area contributed by atoms with Crippen molar-refractivity contribution in [2.75, 3.05) is 12.3 Å². The number of carbonyl (C=O) groups is 1. The minimum Gasteiger partial charge on any atom is -0.398 e. The van der Waals surface area contributed by atoms with E-state index in [0.29, 0.717) is 22.7 Å². The second-order valence-electron chi connectivity index (χ2n) is 5.20. The van der Waals surface area contributed by atoms with Gasteiger partial charge in [-0.05, 0) is 37.0 Å². The highest BCUT2D eigenvalue weighted by molar-refractivity contribution is 5.97. The zero-order valence-electron chi connectivity index (χ0n) is 11.1. The van der Waals surface area contributed by atoms with Gasteiger partial charge >= 0.3 is 0 Å². The molecular weight excluding hydrogens is 238 g/mol. The number of rotatable bonds is 4. The molecule has 0 radical (unpaired) electrons. The van der Waals surface area contributed by atoms with Crippen LogP contribution in [0.5, 0.6) is 0 Å². The van der Waals surface area contributed by atoms with Crippen molar-refractivity contribution in [3.05, 3.63) is 29.3 Å². The van der Waals surface area contributed by atoms with E-state index in [1.807, 2.05) is 0 Å². The summed E-state index contributed by atoms with van der Waals surface area (Å²) in [5, 5.41) is 10.2. The van der Waals surface area contributed by atoms with Gasteiger partial charge in [0.2, 0.25) is 0 Å². The maximum Gasteiger partial charge on any atom is 0.251 e. The molecule has 2 rings (SSSR count). The molecule has 4 nitrogen and oxygen atoms in total. The van der Waals surface area contributed by atoms with Gasteiger partial charge in [-0.1, -0.05) is 19.3 Å². The summed E-state index contributed by atoms with van der Waals surface area (Å²) >= 11 is 0. The first-order chi connectivity index (χ1) is 9.20. The third kappa shape index (κ3) is 3.56. The smallest absolute Gasteiger partial charge is 0.251 e. The Kier molecular flexibility index (Phi) is 4.55. The van der Waals surface area contributed by atoms with Gasteiger partial charge in [0.1, 0.15) is 0 Å². The van der Waals surface area contributed by atoms with E-state index in [-0.39, 0.29) is 5.91 Å². The number of amides is 1. The standard InChI is InChI=1S/C15H21N3O/c16-9-13-8-12(6-7-14(13)17)15(19)18-10-11-4-2-1-3-5-11/h6-9,11,16H,1-5,10,17H2,(H,18,19). The summed E-state index contributed by atoms with van der Waals surface area (Å²) in [6.07, 6.45) is 7.49. The lowest BCUT2D eigenvalue weighted by Gasteiger charge is -2.21. The number of nitrogens with two attached hydrogens (primary N) is 1. The number of nitrogens with one attached hydrogen (secondary N) is 2. The highest BCUT2D eigenvalue weighted by Gasteiger charge is 2.15. The molecule has 4 N–H and O–H groups in total. The van der Waals surface area contributed by atoms with E-state index in [1.165, 1.54) is 38.3 Å². The van der Waals surface area contributed by atoms with Gasteiger partial charge in [-0.2, -0.15) is 0 Å². The quantitative estimate of drug-likeness (QED) is 0.574. The molecule has 0 heterocycles. The van der Waals surface area contributed by atoms with Crippen LogP contribution in [0.4, 0.5) is 5.69 Å². The van der Waals surface area contributed by atoms with Crippen molar-refractivity contribution >= 4 is 17.8 Å². The first kappa shape index (κ1) is 13.6. The Hall–Kier alpha value is -1.84. The molecule has 1 amide bonds. The highest BCUT2D eigenvalue weighted by atomic mass is 16.1. The molecule has 1 aromatic carbocycles. The number of carbonyl (C=O) groups excluding carboxylic acids is 1. The Balaban J connectivity index is 1.93. The molecule has 0 bridgehead atoms. The Bertz CT molecular complexity index is 464. The van der Waals surface area contributed by atoms with E-state index in [0.717, 1.165) is 6.54 Å². The molecule has 4 heteroatoms. The third-order valence-electron chi connectivity index (χ3n) is 3.78. The van der Waals surface area contributed by atoms with Gasteiger partial charge in [-0.3, -0.25) is 4.79 Å². The molecule has 0 aromatic heterocycles. The van der Waals surface area contributed by atoms with Crippen LogP contribution in [0.2, 0.25) is 0 Å². The largest absolute Gasteiger partial charge is 0.398 e. The van der Waals surface area contributed by atoms with Crippen LogP contribution in [-0.2, 0) is 0 Å². The molecule has 1 fully saturated rings. The lowest BCUT2D eigenvalue weighted by atomic mass is 9.89. The Labute approximate surface area is 113 Å². The average molecular weight is 259 g/mol. The van der Waals surface area contributed by atoms with Gasteiger partial charge in [0.05, 0.1) is 0 Å². The van der Waals surface area contributed by atoms with Crippen molar-refractivity contribution < 1.29 is 4.79 Å². The van der Waals surface area contributed by atoms with Crippen molar-refractivity contribution in [2.24, 2.45) is 5.92 Å². The maximum absolute atomic E-state index is 12.0. The van der Waals surface area contributed by atoms with Crippen LogP contribution < -0.4 is 11.1 Å². The molecule has 0 unspecified atom stereocenters. The highest BCUT2D eigenvalue weighted by Crippen LogP contribution is 2.22. The Morgan fingerprint density at radius 3 is 2.79 bits per heavy atom. The fraction of sp³-hybridized carbons (Fsp3) is 0.467. The fourth-order valence-electron chi connectivity index (χ4n) is 2.57. The molecule has 0 aliphatic heterocycles. The van der Waals surface area contributed by atoms with Crippen LogP contribution in [0.15, 0.2) is 18.2 Å². The summed E-state index contributed by atoms with van der Waals surface area (Å²) in [6.45, 7) is 0.753. The molecule has 1 aliphatic rings. The second-order valence-corrected chi connectivity index (χ2v) is 5.20. The zero-order chi connectivity index (χ0) is 13.7. The van der Waals surface area contributed by atoms with Crippen molar-refractivity contribution in [2.45, 2.75) is 32.1 Å². The molecule has 1 aliphatic carbocycles.